The van der Waals surface area contributed by atoms with Crippen LogP contribution in [0.2, 0.25) is 0 Å². The Morgan fingerprint density at radius 2 is 2.31 bits per heavy atom. The number of rotatable bonds is 6. The highest BCUT2D eigenvalue weighted by molar-refractivity contribution is 9.10. The molecule has 0 fully saturated rings. The molecule has 0 aliphatic rings. The number of halogens is 2. The second-order valence-corrected chi connectivity index (χ2v) is 4.21. The topological polar surface area (TPSA) is 41.5 Å². The molecule has 0 amide bonds. The normalized spacial score (nSPS) is 12.8. The molecule has 1 unspecified atom stereocenters. The van der Waals surface area contributed by atoms with E-state index >= 15 is 0 Å². The standard InChI is InChI=1S/C11H15BrFNO2/c1-16-5-4-14-11(7-15)8-2-3-10(13)9(12)6-8/h2-3,6,11,14-15H,4-5,7H2,1H3. The maximum Gasteiger partial charge on any atom is 0.137 e. The van der Waals surface area contributed by atoms with Crippen LogP contribution < -0.4 is 5.32 Å². The van der Waals surface area contributed by atoms with Gasteiger partial charge in [0.2, 0.25) is 0 Å². The van der Waals surface area contributed by atoms with Crippen molar-refractivity contribution in [3.05, 3.63) is 34.1 Å². The van der Waals surface area contributed by atoms with Gasteiger partial charge in [0.05, 0.1) is 23.7 Å². The maximum absolute atomic E-state index is 13.0. The van der Waals surface area contributed by atoms with Crippen LogP contribution in [0.15, 0.2) is 22.7 Å². The van der Waals surface area contributed by atoms with Crippen LogP contribution >= 0.6 is 15.9 Å². The van der Waals surface area contributed by atoms with Gasteiger partial charge in [-0.3, -0.25) is 0 Å². The van der Waals surface area contributed by atoms with Crippen molar-refractivity contribution < 1.29 is 14.2 Å². The van der Waals surface area contributed by atoms with Crippen molar-refractivity contribution >= 4 is 15.9 Å². The molecule has 0 spiro atoms. The summed E-state index contributed by atoms with van der Waals surface area (Å²) in [4.78, 5) is 0. The van der Waals surface area contributed by atoms with Gasteiger partial charge in [0.1, 0.15) is 5.82 Å². The Morgan fingerprint density at radius 1 is 1.56 bits per heavy atom. The van der Waals surface area contributed by atoms with Gasteiger partial charge in [0.15, 0.2) is 0 Å². The Kier molecular flexibility index (Phi) is 5.90. The highest BCUT2D eigenvalue weighted by atomic mass is 79.9. The fourth-order valence-electron chi connectivity index (χ4n) is 1.35. The van der Waals surface area contributed by atoms with Crippen molar-refractivity contribution in [2.24, 2.45) is 0 Å². The van der Waals surface area contributed by atoms with Crippen LogP contribution in [0.1, 0.15) is 11.6 Å². The van der Waals surface area contributed by atoms with E-state index in [1.54, 1.807) is 19.2 Å². The third-order valence-electron chi connectivity index (χ3n) is 2.23. The zero-order valence-corrected chi connectivity index (χ0v) is 10.6. The highest BCUT2D eigenvalue weighted by Crippen LogP contribution is 2.21. The number of methoxy groups -OCH3 is 1. The third-order valence-corrected chi connectivity index (χ3v) is 2.83. The van der Waals surface area contributed by atoms with Gasteiger partial charge in [0, 0.05) is 13.7 Å². The summed E-state index contributed by atoms with van der Waals surface area (Å²) < 4.78 is 18.3. The van der Waals surface area contributed by atoms with Crippen LogP contribution in [-0.2, 0) is 4.74 Å². The van der Waals surface area contributed by atoms with E-state index in [1.807, 2.05) is 0 Å². The molecule has 5 heteroatoms. The van der Waals surface area contributed by atoms with Crippen molar-refractivity contribution in [1.82, 2.24) is 5.32 Å². The Balaban J connectivity index is 2.67. The first-order valence-electron chi connectivity index (χ1n) is 4.97. The van der Waals surface area contributed by atoms with Crippen molar-refractivity contribution in [1.29, 1.82) is 0 Å². The minimum absolute atomic E-state index is 0.0399. The molecule has 0 saturated heterocycles. The van der Waals surface area contributed by atoms with E-state index in [2.05, 4.69) is 21.2 Å². The number of nitrogens with one attached hydrogen (secondary N) is 1. The van der Waals surface area contributed by atoms with Crippen LogP contribution in [0, 0.1) is 5.82 Å². The third kappa shape index (κ3) is 3.83. The quantitative estimate of drug-likeness (QED) is 0.786. The van der Waals surface area contributed by atoms with Gasteiger partial charge in [-0.2, -0.15) is 0 Å². The summed E-state index contributed by atoms with van der Waals surface area (Å²) in [6.45, 7) is 1.16. The van der Waals surface area contributed by atoms with Crippen LogP contribution in [-0.4, -0.2) is 32.0 Å². The van der Waals surface area contributed by atoms with Crippen LogP contribution in [0.4, 0.5) is 4.39 Å². The monoisotopic (exact) mass is 291 g/mol. The van der Waals surface area contributed by atoms with Crippen molar-refractivity contribution in [3.8, 4) is 0 Å². The average Bonchev–Trinajstić information content (AvgIpc) is 2.29. The van der Waals surface area contributed by atoms with Gasteiger partial charge in [-0.1, -0.05) is 6.07 Å². The number of benzene rings is 1. The summed E-state index contributed by atoms with van der Waals surface area (Å²) in [7, 11) is 1.62. The smallest absolute Gasteiger partial charge is 0.137 e. The number of hydrogen-bond donors (Lipinski definition) is 2. The molecule has 16 heavy (non-hydrogen) atoms. The van der Waals surface area contributed by atoms with Crippen LogP contribution in [0.25, 0.3) is 0 Å². The molecule has 3 nitrogen and oxygen atoms in total. The molecule has 1 rings (SSSR count). The molecule has 0 aromatic heterocycles. The van der Waals surface area contributed by atoms with Crippen molar-refractivity contribution in [3.63, 3.8) is 0 Å². The van der Waals surface area contributed by atoms with E-state index in [0.29, 0.717) is 17.6 Å². The SMILES string of the molecule is COCCNC(CO)c1ccc(F)c(Br)c1. The number of hydrogen-bond acceptors (Lipinski definition) is 3. The average molecular weight is 292 g/mol. The number of ether oxygens (including phenoxy) is 1. The Morgan fingerprint density at radius 3 is 2.88 bits per heavy atom. The molecule has 2 N–H and O–H groups in total. The van der Waals surface area contributed by atoms with Gasteiger partial charge >= 0.3 is 0 Å². The predicted molar refractivity (Wildman–Crippen MR) is 63.8 cm³/mol. The first-order valence-corrected chi connectivity index (χ1v) is 5.76. The summed E-state index contributed by atoms with van der Waals surface area (Å²) in [5.74, 6) is -0.308. The summed E-state index contributed by atoms with van der Waals surface area (Å²) in [6.07, 6.45) is 0. The Hall–Kier alpha value is -0.490. The van der Waals surface area contributed by atoms with E-state index < -0.39 is 0 Å². The van der Waals surface area contributed by atoms with E-state index in [1.165, 1.54) is 6.07 Å². The summed E-state index contributed by atoms with van der Waals surface area (Å²) in [6, 6.07) is 4.49. The van der Waals surface area contributed by atoms with E-state index in [4.69, 9.17) is 4.74 Å². The lowest BCUT2D eigenvalue weighted by atomic mass is 10.1. The maximum atomic E-state index is 13.0. The fraction of sp³-hybridized carbons (Fsp3) is 0.455. The lowest BCUT2D eigenvalue weighted by Gasteiger charge is -2.16. The van der Waals surface area contributed by atoms with Crippen molar-refractivity contribution in [2.75, 3.05) is 26.9 Å². The zero-order valence-electron chi connectivity index (χ0n) is 9.04. The first-order chi connectivity index (χ1) is 7.69. The van der Waals surface area contributed by atoms with Gasteiger partial charge in [-0.15, -0.1) is 0 Å². The molecule has 0 aliphatic carbocycles. The summed E-state index contributed by atoms with van der Waals surface area (Å²) in [5.41, 5.74) is 0.840. The van der Waals surface area contributed by atoms with Gasteiger partial charge in [-0.25, -0.2) is 4.39 Å². The van der Waals surface area contributed by atoms with E-state index in [9.17, 15) is 9.50 Å². The van der Waals surface area contributed by atoms with Gasteiger partial charge in [0.25, 0.3) is 0 Å². The molecule has 0 radical (unpaired) electrons. The molecule has 0 heterocycles. The molecule has 1 atom stereocenters. The molecule has 0 saturated carbocycles. The second-order valence-electron chi connectivity index (χ2n) is 3.36. The second kappa shape index (κ2) is 6.96. The van der Waals surface area contributed by atoms with Gasteiger partial charge in [-0.05, 0) is 33.6 Å². The lowest BCUT2D eigenvalue weighted by molar-refractivity contribution is 0.184. The van der Waals surface area contributed by atoms with Crippen LogP contribution in [0.5, 0.6) is 0 Å². The Labute approximate surface area is 103 Å². The molecule has 1 aromatic carbocycles. The van der Waals surface area contributed by atoms with E-state index in [-0.39, 0.29) is 18.5 Å². The summed E-state index contributed by atoms with van der Waals surface area (Å²) in [5, 5.41) is 12.3. The zero-order chi connectivity index (χ0) is 12.0. The molecule has 0 aliphatic heterocycles. The molecular weight excluding hydrogens is 277 g/mol. The predicted octanol–water partition coefficient (Wildman–Crippen LogP) is 1.86. The number of aliphatic hydroxyl groups is 1. The number of aliphatic hydroxyl groups excluding tert-OH is 1. The van der Waals surface area contributed by atoms with Crippen LogP contribution in [0.3, 0.4) is 0 Å². The minimum Gasteiger partial charge on any atom is -0.394 e. The fourth-order valence-corrected chi connectivity index (χ4v) is 1.75. The largest absolute Gasteiger partial charge is 0.394 e. The Bertz CT molecular complexity index is 336. The molecule has 1 aromatic rings. The van der Waals surface area contributed by atoms with Crippen molar-refractivity contribution in [2.45, 2.75) is 6.04 Å². The molecule has 0 bridgehead atoms. The lowest BCUT2D eigenvalue weighted by Crippen LogP contribution is -2.27. The van der Waals surface area contributed by atoms with E-state index in [0.717, 1.165) is 5.56 Å². The first kappa shape index (κ1) is 13.6. The molecular formula is C11H15BrFNO2. The van der Waals surface area contributed by atoms with Gasteiger partial charge < -0.3 is 15.2 Å². The molecule has 90 valence electrons. The minimum atomic E-state index is -0.308. The highest BCUT2D eigenvalue weighted by Gasteiger charge is 2.11. The summed E-state index contributed by atoms with van der Waals surface area (Å²) >= 11 is 3.12.